The Morgan fingerprint density at radius 3 is 2.46 bits per heavy atom. The summed E-state index contributed by atoms with van der Waals surface area (Å²) in [6, 6.07) is 5.98. The van der Waals surface area contributed by atoms with Gasteiger partial charge in [-0.05, 0) is 37.5 Å². The third-order valence-corrected chi connectivity index (χ3v) is 2.97. The Kier molecular flexibility index (Phi) is 3.34. The molecule has 1 nitrogen and oxygen atoms in total. The van der Waals surface area contributed by atoms with Crippen LogP contribution >= 0.6 is 11.6 Å². The predicted octanol–water partition coefficient (Wildman–Crippen LogP) is 2.96. The molecule has 72 valence electrons. The molecular formula is C11H15ClO. The fourth-order valence-corrected chi connectivity index (χ4v) is 1.57. The lowest BCUT2D eigenvalue weighted by atomic mass is 9.99. The highest BCUT2D eigenvalue weighted by molar-refractivity contribution is 6.21. The van der Waals surface area contributed by atoms with Gasteiger partial charge in [-0.2, -0.15) is 0 Å². The minimum Gasteiger partial charge on any atom is -0.392 e. The summed E-state index contributed by atoms with van der Waals surface area (Å²) in [5, 5.41) is 9.05. The maximum absolute atomic E-state index is 9.36. The van der Waals surface area contributed by atoms with Crippen LogP contribution in [0.2, 0.25) is 0 Å². The molecule has 0 saturated carbocycles. The van der Waals surface area contributed by atoms with Crippen LogP contribution in [0.3, 0.4) is 0 Å². The van der Waals surface area contributed by atoms with E-state index in [1.807, 2.05) is 32.0 Å². The van der Waals surface area contributed by atoms with Crippen LogP contribution in [-0.4, -0.2) is 11.2 Å². The lowest BCUT2D eigenvalue weighted by Gasteiger charge is -2.16. The van der Waals surface area contributed by atoms with E-state index in [9.17, 15) is 5.11 Å². The number of aliphatic hydroxyl groups excluding tert-OH is 1. The average Bonchev–Trinajstić information content (AvgIpc) is 2.08. The van der Waals surface area contributed by atoms with Crippen molar-refractivity contribution in [1.82, 2.24) is 0 Å². The van der Waals surface area contributed by atoms with Crippen molar-refractivity contribution in [1.29, 1.82) is 0 Å². The van der Waals surface area contributed by atoms with E-state index in [2.05, 4.69) is 0 Å². The topological polar surface area (TPSA) is 20.2 Å². The number of hydrogen-bond acceptors (Lipinski definition) is 1. The normalized spacial score (nSPS) is 15.5. The molecule has 2 atom stereocenters. The van der Waals surface area contributed by atoms with Gasteiger partial charge in [-0.3, -0.25) is 0 Å². The molecule has 13 heavy (non-hydrogen) atoms. The van der Waals surface area contributed by atoms with E-state index in [0.717, 1.165) is 5.56 Å². The van der Waals surface area contributed by atoms with Gasteiger partial charge in [0.1, 0.15) is 0 Å². The van der Waals surface area contributed by atoms with E-state index >= 15 is 0 Å². The lowest BCUT2D eigenvalue weighted by Crippen LogP contribution is -2.10. The Bertz CT molecular complexity index is 294. The van der Waals surface area contributed by atoms with Gasteiger partial charge < -0.3 is 5.11 Å². The smallest absolute Gasteiger partial charge is 0.0844 e. The second-order valence-electron chi connectivity index (χ2n) is 3.43. The first kappa shape index (κ1) is 10.6. The van der Waals surface area contributed by atoms with Crippen LogP contribution in [0.5, 0.6) is 0 Å². The Hall–Kier alpha value is -0.530. The predicted molar refractivity (Wildman–Crippen MR) is 56.2 cm³/mol. The minimum atomic E-state index is -0.512. The quantitative estimate of drug-likeness (QED) is 0.725. The molecule has 2 heteroatoms. The zero-order valence-corrected chi connectivity index (χ0v) is 8.97. The number of hydrogen-bond donors (Lipinski definition) is 1. The molecule has 1 N–H and O–H groups in total. The van der Waals surface area contributed by atoms with Crippen molar-refractivity contribution in [3.8, 4) is 0 Å². The van der Waals surface area contributed by atoms with E-state index in [0.29, 0.717) is 0 Å². The van der Waals surface area contributed by atoms with E-state index < -0.39 is 6.10 Å². The molecule has 1 aromatic rings. The van der Waals surface area contributed by atoms with Crippen molar-refractivity contribution < 1.29 is 5.11 Å². The second kappa shape index (κ2) is 4.12. The summed E-state index contributed by atoms with van der Waals surface area (Å²) in [7, 11) is 0. The summed E-state index contributed by atoms with van der Waals surface area (Å²) in [5.41, 5.74) is 3.41. The van der Waals surface area contributed by atoms with Gasteiger partial charge in [0.25, 0.3) is 0 Å². The van der Waals surface area contributed by atoms with Crippen LogP contribution in [0, 0.1) is 13.8 Å². The third kappa shape index (κ3) is 2.23. The molecule has 2 unspecified atom stereocenters. The zero-order chi connectivity index (χ0) is 10.0. The van der Waals surface area contributed by atoms with Crippen LogP contribution in [0.25, 0.3) is 0 Å². The van der Waals surface area contributed by atoms with Gasteiger partial charge in [-0.15, -0.1) is 11.6 Å². The van der Waals surface area contributed by atoms with E-state index in [-0.39, 0.29) is 5.38 Å². The molecule has 0 spiro atoms. The Morgan fingerprint density at radius 1 is 1.31 bits per heavy atom. The molecule has 0 radical (unpaired) electrons. The number of aliphatic hydroxyl groups is 1. The Balaban J connectivity index is 3.07. The molecule has 0 bridgehead atoms. The summed E-state index contributed by atoms with van der Waals surface area (Å²) in [5.74, 6) is 0. The molecule has 0 heterocycles. The molecule has 0 aliphatic rings. The number of rotatable bonds is 2. The maximum Gasteiger partial charge on any atom is 0.0844 e. The second-order valence-corrected chi connectivity index (χ2v) is 3.90. The number of aryl methyl sites for hydroxylation is 1. The van der Waals surface area contributed by atoms with E-state index in [1.54, 1.807) is 6.92 Å². The van der Waals surface area contributed by atoms with E-state index in [1.165, 1.54) is 11.1 Å². The first-order valence-corrected chi connectivity index (χ1v) is 4.86. The van der Waals surface area contributed by atoms with Crippen molar-refractivity contribution in [2.45, 2.75) is 32.3 Å². The molecule has 0 amide bonds. The first-order chi connectivity index (χ1) is 6.04. The van der Waals surface area contributed by atoms with Gasteiger partial charge in [0.2, 0.25) is 0 Å². The van der Waals surface area contributed by atoms with Crippen molar-refractivity contribution >= 4 is 11.6 Å². The van der Waals surface area contributed by atoms with Crippen LogP contribution in [0.15, 0.2) is 18.2 Å². The minimum absolute atomic E-state index is 0.306. The molecule has 1 rings (SSSR count). The highest BCUT2D eigenvalue weighted by Crippen LogP contribution is 2.28. The van der Waals surface area contributed by atoms with Crippen molar-refractivity contribution in [2.24, 2.45) is 0 Å². The highest BCUT2D eigenvalue weighted by Gasteiger charge is 2.16. The SMILES string of the molecule is Cc1cccc(C(Cl)C(C)O)c1C. The summed E-state index contributed by atoms with van der Waals surface area (Å²) in [6.45, 7) is 5.78. The number of alkyl halides is 1. The number of halogens is 1. The van der Waals surface area contributed by atoms with Crippen molar-refractivity contribution in [3.05, 3.63) is 34.9 Å². The van der Waals surface area contributed by atoms with Crippen LogP contribution < -0.4 is 0 Å². The van der Waals surface area contributed by atoms with Crippen molar-refractivity contribution in [3.63, 3.8) is 0 Å². The molecule has 1 aromatic carbocycles. The molecule has 0 fully saturated rings. The summed E-state index contributed by atoms with van der Waals surface area (Å²) >= 11 is 6.07. The summed E-state index contributed by atoms with van der Waals surface area (Å²) < 4.78 is 0. The first-order valence-electron chi connectivity index (χ1n) is 4.42. The Morgan fingerprint density at radius 2 is 1.92 bits per heavy atom. The fraction of sp³-hybridized carbons (Fsp3) is 0.455. The van der Waals surface area contributed by atoms with Crippen LogP contribution in [-0.2, 0) is 0 Å². The molecular weight excluding hydrogens is 184 g/mol. The largest absolute Gasteiger partial charge is 0.392 e. The Labute approximate surface area is 84.4 Å². The third-order valence-electron chi connectivity index (χ3n) is 2.37. The van der Waals surface area contributed by atoms with E-state index in [4.69, 9.17) is 11.6 Å². The molecule has 0 saturated heterocycles. The maximum atomic E-state index is 9.36. The zero-order valence-electron chi connectivity index (χ0n) is 8.21. The van der Waals surface area contributed by atoms with Gasteiger partial charge in [-0.25, -0.2) is 0 Å². The van der Waals surface area contributed by atoms with Crippen LogP contribution in [0.4, 0.5) is 0 Å². The monoisotopic (exact) mass is 198 g/mol. The lowest BCUT2D eigenvalue weighted by molar-refractivity contribution is 0.189. The molecule has 0 aromatic heterocycles. The summed E-state index contributed by atoms with van der Waals surface area (Å²) in [4.78, 5) is 0. The molecule has 0 aliphatic carbocycles. The number of benzene rings is 1. The van der Waals surface area contributed by atoms with Gasteiger partial charge in [-0.1, -0.05) is 18.2 Å². The highest BCUT2D eigenvalue weighted by atomic mass is 35.5. The van der Waals surface area contributed by atoms with Crippen LogP contribution in [0.1, 0.15) is 29.0 Å². The van der Waals surface area contributed by atoms with Crippen molar-refractivity contribution in [2.75, 3.05) is 0 Å². The van der Waals surface area contributed by atoms with Gasteiger partial charge in [0.15, 0.2) is 0 Å². The standard InChI is InChI=1S/C11H15ClO/c1-7-5-4-6-10(8(7)2)11(12)9(3)13/h4-6,9,11,13H,1-3H3. The van der Waals surface area contributed by atoms with Gasteiger partial charge in [0, 0.05) is 0 Å². The summed E-state index contributed by atoms with van der Waals surface area (Å²) in [6.07, 6.45) is -0.512. The molecule has 0 aliphatic heterocycles. The van der Waals surface area contributed by atoms with Gasteiger partial charge in [0.05, 0.1) is 11.5 Å². The fourth-order valence-electron chi connectivity index (χ4n) is 1.33. The average molecular weight is 199 g/mol. The van der Waals surface area contributed by atoms with Gasteiger partial charge >= 0.3 is 0 Å².